The van der Waals surface area contributed by atoms with Crippen LogP contribution >= 0.6 is 0 Å². The first kappa shape index (κ1) is 30.7. The van der Waals surface area contributed by atoms with E-state index in [1.54, 1.807) is 0 Å². The smallest absolute Gasteiger partial charge is 0.309 e. The lowest BCUT2D eigenvalue weighted by molar-refractivity contribution is -0.151. The molecule has 0 fully saturated rings. The van der Waals surface area contributed by atoms with Crippen LogP contribution in [0.3, 0.4) is 0 Å². The van der Waals surface area contributed by atoms with Crippen LogP contribution in [0.5, 0.6) is 0 Å². The molecule has 18 heteroatoms. The summed E-state index contributed by atoms with van der Waals surface area (Å²) in [6.07, 6.45) is 1.28. The first-order chi connectivity index (χ1) is 17.5. The molecule has 0 amide bonds. The van der Waals surface area contributed by atoms with E-state index in [-0.39, 0.29) is 23.0 Å². The van der Waals surface area contributed by atoms with Crippen LogP contribution in [-0.4, -0.2) is 95.1 Å². The van der Waals surface area contributed by atoms with Crippen molar-refractivity contribution >= 4 is 43.9 Å². The van der Waals surface area contributed by atoms with Gasteiger partial charge in [-0.15, -0.1) is 0 Å². The maximum atomic E-state index is 12.6. The molecule has 0 unspecified atom stereocenters. The number of aromatic nitrogens is 4. The van der Waals surface area contributed by atoms with Crippen molar-refractivity contribution in [1.82, 2.24) is 26.5 Å². The van der Waals surface area contributed by atoms with Crippen molar-refractivity contribution in [2.45, 2.75) is 39.9 Å². The van der Waals surface area contributed by atoms with Crippen molar-refractivity contribution in [1.29, 1.82) is 0 Å². The lowest BCUT2D eigenvalue weighted by Gasteiger charge is -2.16. The molecule has 38 heavy (non-hydrogen) atoms. The SMILES string of the molecule is CC(=O)c1ncc(COC(=O)CCC(=O)OCc2cnc(C(C)=O)n2S(=O)(=O)N(C)C)n1S(=O)(=O)N(C)C. The molecule has 0 aliphatic rings. The molecule has 0 aliphatic heterocycles. The van der Waals surface area contributed by atoms with E-state index in [4.69, 9.17) is 9.47 Å². The highest BCUT2D eigenvalue weighted by Crippen LogP contribution is 2.16. The second kappa shape index (κ2) is 11.9. The van der Waals surface area contributed by atoms with E-state index >= 15 is 0 Å². The topological polar surface area (TPSA) is 197 Å². The molecule has 0 radical (unpaired) electrons. The molecule has 0 atom stereocenters. The Morgan fingerprint density at radius 1 is 0.711 bits per heavy atom. The number of nitrogens with zero attached hydrogens (tertiary/aromatic N) is 6. The Balaban J connectivity index is 2.02. The number of Topliss-reactive ketones (excluding diaryl/α,β-unsaturated/α-hetero) is 2. The number of imidazole rings is 2. The zero-order valence-electron chi connectivity index (χ0n) is 21.6. The molecule has 0 saturated heterocycles. The second-order valence-corrected chi connectivity index (χ2v) is 12.2. The van der Waals surface area contributed by atoms with E-state index in [1.165, 1.54) is 28.2 Å². The van der Waals surface area contributed by atoms with Gasteiger partial charge in [0.05, 0.1) is 36.6 Å². The van der Waals surface area contributed by atoms with Crippen LogP contribution in [0.4, 0.5) is 0 Å². The summed E-state index contributed by atoms with van der Waals surface area (Å²) in [7, 11) is -3.27. The summed E-state index contributed by atoms with van der Waals surface area (Å²) in [5, 5.41) is 0. The highest BCUT2D eigenvalue weighted by molar-refractivity contribution is 7.87. The van der Waals surface area contributed by atoms with Crippen LogP contribution in [0.15, 0.2) is 12.4 Å². The molecule has 0 saturated carbocycles. The monoisotopic (exact) mass is 576 g/mol. The standard InChI is InChI=1S/C20H28N6O10S2/c1-13(27)19-21-9-15(25(19)37(31,32)23(3)4)11-35-17(29)7-8-18(30)36-12-16-10-22-20(14(2)28)26(16)38(33,34)24(5)6/h9-10H,7-8,11-12H2,1-6H3. The molecule has 0 N–H and O–H groups in total. The fraction of sp³-hybridized carbons (Fsp3) is 0.500. The number of hydrogen-bond donors (Lipinski definition) is 0. The number of rotatable bonds is 13. The third-order valence-corrected chi connectivity index (χ3v) is 8.47. The molecule has 0 aromatic carbocycles. The first-order valence-corrected chi connectivity index (χ1v) is 13.6. The zero-order chi connectivity index (χ0) is 29.0. The lowest BCUT2D eigenvalue weighted by Crippen LogP contribution is -2.32. The van der Waals surface area contributed by atoms with Gasteiger partial charge in [-0.25, -0.2) is 17.9 Å². The number of carbonyl (C=O) groups is 4. The van der Waals surface area contributed by atoms with Gasteiger partial charge in [-0.3, -0.25) is 19.2 Å². The molecule has 210 valence electrons. The van der Waals surface area contributed by atoms with Gasteiger partial charge < -0.3 is 9.47 Å². The van der Waals surface area contributed by atoms with Crippen LogP contribution in [-0.2, 0) is 52.7 Å². The number of ketones is 2. The van der Waals surface area contributed by atoms with Gasteiger partial charge >= 0.3 is 32.4 Å². The molecule has 2 aromatic rings. The Kier molecular flexibility index (Phi) is 9.65. The summed E-state index contributed by atoms with van der Waals surface area (Å²) in [5.41, 5.74) is -0.173. The first-order valence-electron chi connectivity index (χ1n) is 10.8. The van der Waals surface area contributed by atoms with Gasteiger partial charge in [0.1, 0.15) is 13.2 Å². The van der Waals surface area contributed by atoms with Gasteiger partial charge in [0.2, 0.25) is 0 Å². The quantitative estimate of drug-likeness (QED) is 0.216. The minimum atomic E-state index is -4.14. The van der Waals surface area contributed by atoms with Crippen molar-refractivity contribution in [3.05, 3.63) is 35.4 Å². The maximum Gasteiger partial charge on any atom is 0.309 e. The summed E-state index contributed by atoms with van der Waals surface area (Å²) < 4.78 is 63.4. The Hall–Kier alpha value is -3.48. The lowest BCUT2D eigenvalue weighted by atomic mass is 10.3. The molecule has 2 heterocycles. The third-order valence-electron chi connectivity index (χ3n) is 4.89. The number of ether oxygens (including phenoxy) is 2. The summed E-state index contributed by atoms with van der Waals surface area (Å²) in [4.78, 5) is 55.4. The van der Waals surface area contributed by atoms with Crippen LogP contribution < -0.4 is 0 Å². The summed E-state index contributed by atoms with van der Waals surface area (Å²) in [6, 6.07) is 0. The van der Waals surface area contributed by atoms with Gasteiger partial charge in [0.25, 0.3) is 0 Å². The summed E-state index contributed by atoms with van der Waals surface area (Å²) in [5.74, 6) is -3.72. The van der Waals surface area contributed by atoms with Crippen LogP contribution in [0.2, 0.25) is 0 Å². The number of carbonyl (C=O) groups excluding carboxylic acids is 4. The van der Waals surface area contributed by atoms with E-state index in [0.29, 0.717) is 7.94 Å². The van der Waals surface area contributed by atoms with Crippen molar-refractivity contribution < 1.29 is 45.5 Å². The van der Waals surface area contributed by atoms with Crippen molar-refractivity contribution in [3.63, 3.8) is 0 Å². The predicted octanol–water partition coefficient (Wildman–Crippen LogP) is -0.639. The molecule has 2 rings (SSSR count). The van der Waals surface area contributed by atoms with Crippen molar-refractivity contribution in [3.8, 4) is 0 Å². The maximum absolute atomic E-state index is 12.6. The second-order valence-electron chi connectivity index (χ2n) is 8.19. The van der Waals surface area contributed by atoms with Crippen molar-refractivity contribution in [2.24, 2.45) is 0 Å². The minimum Gasteiger partial charge on any atom is -0.459 e. The van der Waals surface area contributed by atoms with Crippen molar-refractivity contribution in [2.75, 3.05) is 28.2 Å². The Morgan fingerprint density at radius 2 is 1.03 bits per heavy atom. The zero-order valence-corrected chi connectivity index (χ0v) is 23.2. The largest absolute Gasteiger partial charge is 0.459 e. The van der Waals surface area contributed by atoms with E-state index in [1.807, 2.05) is 0 Å². The Morgan fingerprint density at radius 3 is 1.29 bits per heavy atom. The fourth-order valence-corrected chi connectivity index (χ4v) is 5.15. The third kappa shape index (κ3) is 6.69. The summed E-state index contributed by atoms with van der Waals surface area (Å²) in [6.45, 7) is 1.18. The highest BCUT2D eigenvalue weighted by atomic mass is 32.2. The van der Waals surface area contributed by atoms with Crippen LogP contribution in [0.25, 0.3) is 0 Å². The van der Waals surface area contributed by atoms with Gasteiger partial charge in [0.15, 0.2) is 23.2 Å². The average molecular weight is 577 g/mol. The van der Waals surface area contributed by atoms with E-state index in [0.717, 1.165) is 34.9 Å². The molecule has 16 nitrogen and oxygen atoms in total. The average Bonchev–Trinajstić information content (AvgIpc) is 3.45. The number of hydrogen-bond acceptors (Lipinski definition) is 12. The number of esters is 2. The highest BCUT2D eigenvalue weighted by Gasteiger charge is 2.28. The Bertz CT molecular complexity index is 1340. The summed E-state index contributed by atoms with van der Waals surface area (Å²) >= 11 is 0. The predicted molar refractivity (Wildman–Crippen MR) is 129 cm³/mol. The molecular formula is C20H28N6O10S2. The molecule has 2 aromatic heterocycles. The van der Waals surface area contributed by atoms with Gasteiger partial charge in [-0.1, -0.05) is 0 Å². The van der Waals surface area contributed by atoms with Gasteiger partial charge in [-0.05, 0) is 0 Å². The Labute approximate surface area is 219 Å². The van der Waals surface area contributed by atoms with Gasteiger partial charge in [0, 0.05) is 42.0 Å². The molecule has 0 spiro atoms. The fourth-order valence-electron chi connectivity index (χ4n) is 2.91. The molecule has 0 aliphatic carbocycles. The normalized spacial score (nSPS) is 12.1. The van der Waals surface area contributed by atoms with Crippen LogP contribution in [0.1, 0.15) is 59.3 Å². The van der Waals surface area contributed by atoms with E-state index < -0.39 is 70.0 Å². The van der Waals surface area contributed by atoms with E-state index in [9.17, 15) is 36.0 Å². The van der Waals surface area contributed by atoms with E-state index in [2.05, 4.69) is 9.97 Å². The minimum absolute atomic E-state index is 0.0866. The van der Waals surface area contributed by atoms with Crippen LogP contribution in [0, 0.1) is 0 Å². The molecule has 0 bridgehead atoms. The van der Waals surface area contributed by atoms with Gasteiger partial charge in [-0.2, -0.15) is 25.4 Å². The molecular weight excluding hydrogens is 548 g/mol.